The second-order valence-corrected chi connectivity index (χ2v) is 8.04. The van der Waals surface area contributed by atoms with E-state index in [1.165, 1.54) is 6.92 Å². The van der Waals surface area contributed by atoms with E-state index in [2.05, 4.69) is 0 Å². The molecule has 1 atom stereocenters. The summed E-state index contributed by atoms with van der Waals surface area (Å²) in [6.07, 6.45) is 0. The van der Waals surface area contributed by atoms with Crippen LogP contribution in [0.15, 0.2) is 91.0 Å². The number of amides is 1. The van der Waals surface area contributed by atoms with Gasteiger partial charge < -0.3 is 4.84 Å². The maximum Gasteiger partial charge on any atom is 0.332 e. The van der Waals surface area contributed by atoms with E-state index in [0.29, 0.717) is 16.9 Å². The van der Waals surface area contributed by atoms with E-state index in [4.69, 9.17) is 4.84 Å². The van der Waals surface area contributed by atoms with Gasteiger partial charge in [-0.05, 0) is 24.3 Å². The summed E-state index contributed by atoms with van der Waals surface area (Å²) in [5, 5.41) is 2.40. The van der Waals surface area contributed by atoms with Crippen molar-refractivity contribution in [2.45, 2.75) is 13.8 Å². The molecular weight excluding hydrogens is 424 g/mol. The minimum Gasteiger partial charge on any atom is -0.318 e. The lowest BCUT2D eigenvalue weighted by atomic mass is 10.2. The number of anilines is 2. The fourth-order valence-corrected chi connectivity index (χ4v) is 3.77. The number of nitrogens with zero attached hydrogens (tertiary/aromatic N) is 2. The summed E-state index contributed by atoms with van der Waals surface area (Å²) in [5.74, 6) is -1.43. The molecule has 1 amide bonds. The summed E-state index contributed by atoms with van der Waals surface area (Å²) in [4.78, 5) is 43.1. The van der Waals surface area contributed by atoms with Crippen LogP contribution in [0, 0.1) is 5.92 Å². The maximum atomic E-state index is 13.4. The van der Waals surface area contributed by atoms with Crippen molar-refractivity contribution in [1.29, 1.82) is 0 Å². The Balaban J connectivity index is 1.85. The second kappa shape index (κ2) is 11.2. The van der Waals surface area contributed by atoms with Crippen LogP contribution >= 0.6 is 11.8 Å². The van der Waals surface area contributed by atoms with Crippen molar-refractivity contribution in [3.05, 3.63) is 96.6 Å². The van der Waals surface area contributed by atoms with E-state index < -0.39 is 17.8 Å². The minimum atomic E-state index is -0.629. The Bertz CT molecular complexity index is 1010. The molecule has 0 fully saturated rings. The molecule has 3 aromatic rings. The first kappa shape index (κ1) is 23.1. The Labute approximate surface area is 191 Å². The van der Waals surface area contributed by atoms with Crippen LogP contribution < -0.4 is 5.01 Å². The van der Waals surface area contributed by atoms with Crippen LogP contribution in [0.4, 0.5) is 11.4 Å². The number of carbonyl (C=O) groups excluding carboxylic acids is 3. The van der Waals surface area contributed by atoms with Crippen molar-refractivity contribution in [3.63, 3.8) is 0 Å². The van der Waals surface area contributed by atoms with Crippen molar-refractivity contribution < 1.29 is 19.2 Å². The monoisotopic (exact) mass is 448 g/mol. The third-order valence-corrected chi connectivity index (χ3v) is 5.65. The molecule has 0 saturated carbocycles. The highest BCUT2D eigenvalue weighted by molar-refractivity contribution is 8.14. The fourth-order valence-electron chi connectivity index (χ4n) is 2.92. The molecule has 0 saturated heterocycles. The second-order valence-electron chi connectivity index (χ2n) is 7.04. The Morgan fingerprint density at radius 1 is 0.812 bits per heavy atom. The van der Waals surface area contributed by atoms with Crippen molar-refractivity contribution in [2.75, 3.05) is 10.8 Å². The molecule has 0 radical (unpaired) electrons. The quantitative estimate of drug-likeness (QED) is 0.460. The highest BCUT2D eigenvalue weighted by atomic mass is 32.2. The number of rotatable bonds is 7. The van der Waals surface area contributed by atoms with Gasteiger partial charge in [-0.1, -0.05) is 90.6 Å². The van der Waals surface area contributed by atoms with E-state index in [1.54, 1.807) is 36.2 Å². The summed E-state index contributed by atoms with van der Waals surface area (Å²) in [7, 11) is 0. The first-order valence-electron chi connectivity index (χ1n) is 10.1. The zero-order chi connectivity index (χ0) is 22.9. The van der Waals surface area contributed by atoms with Gasteiger partial charge in [-0.3, -0.25) is 9.59 Å². The van der Waals surface area contributed by atoms with Gasteiger partial charge in [0.2, 0.25) is 5.12 Å². The molecule has 0 spiro atoms. The zero-order valence-corrected chi connectivity index (χ0v) is 18.7. The molecule has 32 heavy (non-hydrogen) atoms. The number of hydroxylamine groups is 1. The Morgan fingerprint density at radius 3 is 1.75 bits per heavy atom. The lowest BCUT2D eigenvalue weighted by molar-refractivity contribution is -0.198. The van der Waals surface area contributed by atoms with Gasteiger partial charge in [0.15, 0.2) is 0 Å². The van der Waals surface area contributed by atoms with E-state index in [0.717, 1.165) is 16.9 Å². The van der Waals surface area contributed by atoms with Gasteiger partial charge >= 0.3 is 5.97 Å². The van der Waals surface area contributed by atoms with Crippen molar-refractivity contribution in [1.82, 2.24) is 5.17 Å². The van der Waals surface area contributed by atoms with Gasteiger partial charge in [0.1, 0.15) is 0 Å². The average molecular weight is 449 g/mol. The van der Waals surface area contributed by atoms with Gasteiger partial charge in [-0.25, -0.2) is 9.80 Å². The summed E-state index contributed by atoms with van der Waals surface area (Å²) < 4.78 is 0. The first-order chi connectivity index (χ1) is 15.5. The number of hydrogen-bond donors (Lipinski definition) is 0. The van der Waals surface area contributed by atoms with Crippen LogP contribution in [0.25, 0.3) is 0 Å². The SMILES string of the molecule is CC(=O)ON(C(=O)C(C)CSC(=O)c1ccccc1)N(c1ccccc1)c1ccccc1. The molecule has 6 nitrogen and oxygen atoms in total. The zero-order valence-electron chi connectivity index (χ0n) is 17.9. The summed E-state index contributed by atoms with van der Waals surface area (Å²) in [6.45, 7) is 2.95. The van der Waals surface area contributed by atoms with Crippen LogP contribution in [0.5, 0.6) is 0 Å². The van der Waals surface area contributed by atoms with Crippen molar-refractivity contribution in [2.24, 2.45) is 5.92 Å². The molecule has 1 unspecified atom stereocenters. The molecule has 0 aliphatic heterocycles. The number of hydrogen-bond acceptors (Lipinski definition) is 6. The van der Waals surface area contributed by atoms with Gasteiger partial charge in [0.25, 0.3) is 5.91 Å². The van der Waals surface area contributed by atoms with Crippen LogP contribution in [-0.4, -0.2) is 27.9 Å². The van der Waals surface area contributed by atoms with Crippen LogP contribution in [0.1, 0.15) is 24.2 Å². The van der Waals surface area contributed by atoms with E-state index in [9.17, 15) is 14.4 Å². The lowest BCUT2D eigenvalue weighted by Gasteiger charge is -2.35. The van der Waals surface area contributed by atoms with Crippen molar-refractivity contribution >= 4 is 40.1 Å². The fraction of sp³-hybridized carbons (Fsp3) is 0.160. The normalized spacial score (nSPS) is 11.3. The third-order valence-electron chi connectivity index (χ3n) is 4.48. The molecule has 3 aromatic carbocycles. The molecule has 0 aliphatic carbocycles. The number of benzene rings is 3. The number of thioether (sulfide) groups is 1. The first-order valence-corrected chi connectivity index (χ1v) is 11.1. The van der Waals surface area contributed by atoms with Gasteiger partial charge in [0, 0.05) is 18.2 Å². The minimum absolute atomic E-state index is 0.118. The van der Waals surface area contributed by atoms with E-state index in [-0.39, 0.29) is 10.9 Å². The standard InChI is InChI=1S/C25H24N2O4S/c1-19(18-32-25(30)21-12-6-3-7-13-21)24(29)27(31-20(2)28)26(22-14-8-4-9-15-22)23-16-10-5-11-17-23/h3-17,19H,18H2,1-2H3. The van der Waals surface area contributed by atoms with Crippen LogP contribution in [0.2, 0.25) is 0 Å². The summed E-state index contributed by atoms with van der Waals surface area (Å²) in [5.41, 5.74) is 1.87. The molecule has 0 heterocycles. The smallest absolute Gasteiger partial charge is 0.318 e. The summed E-state index contributed by atoms with van der Waals surface area (Å²) in [6, 6.07) is 27.2. The number of para-hydroxylation sites is 2. The summed E-state index contributed by atoms with van der Waals surface area (Å²) >= 11 is 1.06. The highest BCUT2D eigenvalue weighted by Gasteiger charge is 2.31. The maximum absolute atomic E-state index is 13.4. The Morgan fingerprint density at radius 2 is 1.28 bits per heavy atom. The van der Waals surface area contributed by atoms with E-state index in [1.807, 2.05) is 66.7 Å². The Kier molecular flexibility index (Phi) is 8.05. The third kappa shape index (κ3) is 5.98. The predicted molar refractivity (Wildman–Crippen MR) is 126 cm³/mol. The molecule has 7 heteroatoms. The predicted octanol–water partition coefficient (Wildman–Crippen LogP) is 5.26. The van der Waals surface area contributed by atoms with Crippen LogP contribution in [0.3, 0.4) is 0 Å². The van der Waals surface area contributed by atoms with E-state index >= 15 is 0 Å². The molecule has 0 bridgehead atoms. The molecule has 164 valence electrons. The Hall–Kier alpha value is -3.58. The van der Waals surface area contributed by atoms with Gasteiger partial charge in [-0.2, -0.15) is 0 Å². The lowest BCUT2D eigenvalue weighted by Crippen LogP contribution is -2.47. The number of carbonyl (C=O) groups is 3. The molecule has 0 aromatic heterocycles. The molecular formula is C25H24N2O4S. The largest absolute Gasteiger partial charge is 0.332 e. The van der Waals surface area contributed by atoms with Gasteiger partial charge in [0.05, 0.1) is 17.3 Å². The topological polar surface area (TPSA) is 66.9 Å². The molecule has 0 aliphatic rings. The number of hydrazine groups is 1. The molecule has 3 rings (SSSR count). The highest BCUT2D eigenvalue weighted by Crippen LogP contribution is 2.29. The van der Waals surface area contributed by atoms with Crippen molar-refractivity contribution in [3.8, 4) is 0 Å². The average Bonchev–Trinajstić information content (AvgIpc) is 2.83. The molecule has 0 N–H and O–H groups in total. The van der Waals surface area contributed by atoms with Crippen LogP contribution in [-0.2, 0) is 14.4 Å². The van der Waals surface area contributed by atoms with Gasteiger partial charge in [-0.15, -0.1) is 0 Å².